The highest BCUT2D eigenvalue weighted by Gasteiger charge is 2.13. The van der Waals surface area contributed by atoms with Crippen LogP contribution in [0.5, 0.6) is 11.5 Å². The second-order valence-electron chi connectivity index (χ2n) is 4.48. The number of halogens is 1. The molecule has 0 aliphatic rings. The van der Waals surface area contributed by atoms with Crippen molar-refractivity contribution >= 4 is 11.6 Å². The highest BCUT2D eigenvalue weighted by Crippen LogP contribution is 2.29. The summed E-state index contributed by atoms with van der Waals surface area (Å²) >= 11 is 0. The van der Waals surface area contributed by atoms with Gasteiger partial charge in [-0.25, -0.2) is 4.39 Å². The molecule has 0 unspecified atom stereocenters. The summed E-state index contributed by atoms with van der Waals surface area (Å²) in [5.41, 5.74) is 1.46. The molecule has 5 heteroatoms. The normalized spacial score (nSPS) is 10.1. The summed E-state index contributed by atoms with van der Waals surface area (Å²) in [4.78, 5) is 12.3. The van der Waals surface area contributed by atoms with E-state index in [1.807, 2.05) is 0 Å². The predicted molar refractivity (Wildman–Crippen MR) is 78.6 cm³/mol. The van der Waals surface area contributed by atoms with Crippen molar-refractivity contribution in [3.63, 3.8) is 0 Å². The van der Waals surface area contributed by atoms with Gasteiger partial charge in [-0.1, -0.05) is 0 Å². The molecule has 2 aromatic rings. The van der Waals surface area contributed by atoms with E-state index in [1.54, 1.807) is 25.1 Å². The maximum absolute atomic E-state index is 13.1. The number of nitrogens with one attached hydrogen (secondary N) is 1. The average Bonchev–Trinajstić information content (AvgIpc) is 2.46. The molecule has 110 valence electrons. The molecule has 0 heterocycles. The van der Waals surface area contributed by atoms with Gasteiger partial charge in [0.2, 0.25) is 0 Å². The average molecular weight is 289 g/mol. The van der Waals surface area contributed by atoms with Gasteiger partial charge in [0.05, 0.1) is 19.9 Å². The quantitative estimate of drug-likeness (QED) is 0.938. The molecule has 0 aromatic heterocycles. The predicted octanol–water partition coefficient (Wildman–Crippen LogP) is 3.40. The zero-order valence-electron chi connectivity index (χ0n) is 12.1. The SMILES string of the molecule is COc1ccc(OC)c(NC(=O)c2ccc(F)cc2C)c1. The topological polar surface area (TPSA) is 47.6 Å². The van der Waals surface area contributed by atoms with Gasteiger partial charge in [-0.15, -0.1) is 0 Å². The summed E-state index contributed by atoms with van der Waals surface area (Å²) in [6, 6.07) is 9.12. The maximum Gasteiger partial charge on any atom is 0.256 e. The molecule has 0 bridgehead atoms. The number of rotatable bonds is 4. The Labute approximate surface area is 122 Å². The van der Waals surface area contributed by atoms with Gasteiger partial charge in [-0.2, -0.15) is 0 Å². The van der Waals surface area contributed by atoms with Gasteiger partial charge < -0.3 is 14.8 Å². The van der Waals surface area contributed by atoms with E-state index in [1.165, 1.54) is 32.4 Å². The molecule has 2 rings (SSSR count). The molecular weight excluding hydrogens is 273 g/mol. The Hall–Kier alpha value is -2.56. The maximum atomic E-state index is 13.1. The van der Waals surface area contributed by atoms with Gasteiger partial charge in [0.15, 0.2) is 0 Å². The molecule has 0 spiro atoms. The first-order chi connectivity index (χ1) is 10.0. The van der Waals surface area contributed by atoms with E-state index in [9.17, 15) is 9.18 Å². The minimum absolute atomic E-state index is 0.334. The second-order valence-corrected chi connectivity index (χ2v) is 4.48. The molecule has 0 atom stereocenters. The van der Waals surface area contributed by atoms with Crippen molar-refractivity contribution < 1.29 is 18.7 Å². The Bertz CT molecular complexity index is 671. The first-order valence-corrected chi connectivity index (χ1v) is 6.34. The molecule has 4 nitrogen and oxygen atoms in total. The minimum atomic E-state index is -0.372. The van der Waals surface area contributed by atoms with Crippen molar-refractivity contribution in [2.24, 2.45) is 0 Å². The van der Waals surface area contributed by atoms with Crippen LogP contribution < -0.4 is 14.8 Å². The van der Waals surface area contributed by atoms with Crippen molar-refractivity contribution in [1.82, 2.24) is 0 Å². The number of anilines is 1. The van der Waals surface area contributed by atoms with E-state index in [0.29, 0.717) is 28.3 Å². The second kappa shape index (κ2) is 6.26. The van der Waals surface area contributed by atoms with Gasteiger partial charge in [0, 0.05) is 11.6 Å². The number of hydrogen-bond donors (Lipinski definition) is 1. The van der Waals surface area contributed by atoms with Crippen LogP contribution in [-0.4, -0.2) is 20.1 Å². The van der Waals surface area contributed by atoms with Crippen LogP contribution in [0, 0.1) is 12.7 Å². The van der Waals surface area contributed by atoms with Crippen LogP contribution in [0.15, 0.2) is 36.4 Å². The van der Waals surface area contributed by atoms with Crippen molar-refractivity contribution in [1.29, 1.82) is 0 Å². The Morgan fingerprint density at radius 2 is 1.86 bits per heavy atom. The Balaban J connectivity index is 2.30. The van der Waals surface area contributed by atoms with Gasteiger partial charge in [-0.3, -0.25) is 4.79 Å². The smallest absolute Gasteiger partial charge is 0.256 e. The van der Waals surface area contributed by atoms with Crippen LogP contribution in [0.1, 0.15) is 15.9 Å². The van der Waals surface area contributed by atoms with Crippen LogP contribution in [0.25, 0.3) is 0 Å². The van der Waals surface area contributed by atoms with Crippen LogP contribution in [-0.2, 0) is 0 Å². The van der Waals surface area contributed by atoms with Crippen LogP contribution >= 0.6 is 0 Å². The molecule has 0 radical (unpaired) electrons. The van der Waals surface area contributed by atoms with E-state index >= 15 is 0 Å². The molecule has 0 fully saturated rings. The molecule has 1 amide bonds. The lowest BCUT2D eigenvalue weighted by Gasteiger charge is -2.12. The Morgan fingerprint density at radius 1 is 1.10 bits per heavy atom. The van der Waals surface area contributed by atoms with Crippen molar-refractivity contribution in [2.45, 2.75) is 6.92 Å². The first kappa shape index (κ1) is 14.8. The number of benzene rings is 2. The fraction of sp³-hybridized carbons (Fsp3) is 0.188. The number of hydrogen-bond acceptors (Lipinski definition) is 3. The third-order valence-corrected chi connectivity index (χ3v) is 3.09. The largest absolute Gasteiger partial charge is 0.497 e. The van der Waals surface area contributed by atoms with Gasteiger partial charge in [0.1, 0.15) is 17.3 Å². The first-order valence-electron chi connectivity index (χ1n) is 6.34. The van der Waals surface area contributed by atoms with Crippen molar-refractivity contribution in [2.75, 3.05) is 19.5 Å². The number of amides is 1. The van der Waals surface area contributed by atoms with Gasteiger partial charge >= 0.3 is 0 Å². The van der Waals surface area contributed by atoms with Crippen LogP contribution in [0.2, 0.25) is 0 Å². The van der Waals surface area contributed by atoms with Crippen molar-refractivity contribution in [3.05, 3.63) is 53.3 Å². The lowest BCUT2D eigenvalue weighted by atomic mass is 10.1. The van der Waals surface area contributed by atoms with Gasteiger partial charge in [-0.05, 0) is 42.8 Å². The zero-order chi connectivity index (χ0) is 15.4. The highest BCUT2D eigenvalue weighted by atomic mass is 19.1. The van der Waals surface area contributed by atoms with E-state index in [0.717, 1.165) is 0 Å². The van der Waals surface area contributed by atoms with E-state index < -0.39 is 0 Å². The van der Waals surface area contributed by atoms with Crippen LogP contribution in [0.3, 0.4) is 0 Å². The monoisotopic (exact) mass is 289 g/mol. The third kappa shape index (κ3) is 3.31. The minimum Gasteiger partial charge on any atom is -0.497 e. The lowest BCUT2D eigenvalue weighted by molar-refractivity contribution is 0.102. The Morgan fingerprint density at radius 3 is 2.48 bits per heavy atom. The molecule has 0 aliphatic carbocycles. The number of methoxy groups -OCH3 is 2. The summed E-state index contributed by atoms with van der Waals surface area (Å²) in [6.07, 6.45) is 0. The Kier molecular flexibility index (Phi) is 4.42. The van der Waals surface area contributed by atoms with E-state index in [4.69, 9.17) is 9.47 Å². The lowest BCUT2D eigenvalue weighted by Crippen LogP contribution is -2.14. The van der Waals surface area contributed by atoms with Gasteiger partial charge in [0.25, 0.3) is 5.91 Å². The molecule has 0 aliphatic heterocycles. The molecular formula is C16H16FNO3. The molecule has 0 saturated carbocycles. The number of carbonyl (C=O) groups excluding carboxylic acids is 1. The van der Waals surface area contributed by atoms with E-state index in [-0.39, 0.29) is 11.7 Å². The molecule has 2 aromatic carbocycles. The summed E-state index contributed by atoms with van der Waals surface area (Å²) in [6.45, 7) is 1.68. The fourth-order valence-electron chi connectivity index (χ4n) is 1.98. The summed E-state index contributed by atoms with van der Waals surface area (Å²) < 4.78 is 23.4. The highest BCUT2D eigenvalue weighted by molar-refractivity contribution is 6.06. The number of aryl methyl sites for hydroxylation is 1. The summed E-state index contributed by atoms with van der Waals surface area (Å²) in [5.74, 6) is 0.410. The van der Waals surface area contributed by atoms with E-state index in [2.05, 4.69) is 5.32 Å². The number of carbonyl (C=O) groups is 1. The molecule has 21 heavy (non-hydrogen) atoms. The number of ether oxygens (including phenoxy) is 2. The van der Waals surface area contributed by atoms with Crippen LogP contribution in [0.4, 0.5) is 10.1 Å². The molecule has 1 N–H and O–H groups in total. The third-order valence-electron chi connectivity index (χ3n) is 3.09. The standard InChI is InChI=1S/C16H16FNO3/c1-10-8-11(17)4-6-13(10)16(19)18-14-9-12(20-2)5-7-15(14)21-3/h4-9H,1-3H3,(H,18,19). The van der Waals surface area contributed by atoms with Crippen molar-refractivity contribution in [3.8, 4) is 11.5 Å². The zero-order valence-corrected chi connectivity index (χ0v) is 12.1. The summed E-state index contributed by atoms with van der Waals surface area (Å²) in [5, 5.41) is 2.75. The fourth-order valence-corrected chi connectivity index (χ4v) is 1.98. The summed E-state index contributed by atoms with van der Waals surface area (Å²) in [7, 11) is 3.05. The molecule has 0 saturated heterocycles.